The molecule has 0 saturated carbocycles. The second-order valence-corrected chi connectivity index (χ2v) is 16.8. The van der Waals surface area contributed by atoms with Crippen LogP contribution >= 0.6 is 11.8 Å². The summed E-state index contributed by atoms with van der Waals surface area (Å²) in [6, 6.07) is 45.0. The molecule has 2 aliphatic rings. The van der Waals surface area contributed by atoms with Crippen LogP contribution in [0.1, 0.15) is 42.9 Å². The van der Waals surface area contributed by atoms with E-state index in [1.165, 1.54) is 16.7 Å². The highest BCUT2D eigenvalue weighted by Gasteiger charge is 2.47. The van der Waals surface area contributed by atoms with E-state index >= 15 is 0 Å². The Kier molecular flexibility index (Phi) is 10.4. The Morgan fingerprint density at radius 2 is 1.34 bits per heavy atom. The summed E-state index contributed by atoms with van der Waals surface area (Å²) in [4.78, 5) is 15.1. The van der Waals surface area contributed by atoms with Gasteiger partial charge in [-0.05, 0) is 65.8 Å². The Balaban J connectivity index is 1.24. The van der Waals surface area contributed by atoms with E-state index in [9.17, 15) is 13.2 Å². The standard InChI is InChI=1S/C42H44N2O4S2/c1-2-48-41(45)32-24-26-44(27-25-32)40(50(46,47)38-23-22-31-14-12-13-15-33(31)28-38)39-29-37(30-43-39)49-42(34-16-6-3-7-17-34,35-18-8-4-9-19-35)36-20-10-5-11-21-36/h3-23,28,32,37,39-40,43H,2,24-27,29-30H2,1H3. The Labute approximate surface area is 300 Å². The molecule has 1 N–H and O–H groups in total. The SMILES string of the molecule is CCOC(=O)C1CCN(C(C2CC(SC(c3ccccc3)(c3ccccc3)c3ccccc3)CN2)S(=O)(=O)c2ccc3ccccc3c2)CC1. The topological polar surface area (TPSA) is 75.7 Å². The molecule has 0 amide bonds. The molecule has 50 heavy (non-hydrogen) atoms. The Morgan fingerprint density at radius 1 is 0.800 bits per heavy atom. The summed E-state index contributed by atoms with van der Waals surface area (Å²) in [7, 11) is -3.81. The number of ether oxygens (including phenoxy) is 1. The Hall–Kier alpha value is -3.95. The molecule has 7 rings (SSSR count). The molecular formula is C42H44N2O4S2. The van der Waals surface area contributed by atoms with Crippen LogP contribution in [0.2, 0.25) is 0 Å². The summed E-state index contributed by atoms with van der Waals surface area (Å²) in [5.74, 6) is -0.395. The third-order valence-corrected chi connectivity index (χ3v) is 14.2. The molecule has 0 spiro atoms. The van der Waals surface area contributed by atoms with Gasteiger partial charge in [0.15, 0.2) is 9.84 Å². The maximum atomic E-state index is 14.9. The number of sulfone groups is 1. The highest BCUT2D eigenvalue weighted by atomic mass is 32.2. The predicted octanol–water partition coefficient (Wildman–Crippen LogP) is 7.67. The number of fused-ring (bicyclic) bond motifs is 1. The average Bonchev–Trinajstić information content (AvgIpc) is 3.62. The minimum atomic E-state index is -3.81. The number of carbonyl (C=O) groups excluding carboxylic acids is 1. The summed E-state index contributed by atoms with van der Waals surface area (Å²) < 4.78 is 34.5. The number of rotatable bonds is 11. The normalized spacial score (nSPS) is 19.7. The smallest absolute Gasteiger partial charge is 0.309 e. The molecule has 2 saturated heterocycles. The largest absolute Gasteiger partial charge is 0.466 e. The number of esters is 1. The maximum absolute atomic E-state index is 14.9. The summed E-state index contributed by atoms with van der Waals surface area (Å²) in [5, 5.41) is 4.96. The quantitative estimate of drug-likeness (QED) is 0.112. The van der Waals surface area contributed by atoms with E-state index in [-0.39, 0.29) is 23.2 Å². The van der Waals surface area contributed by atoms with Gasteiger partial charge in [0.2, 0.25) is 0 Å². The maximum Gasteiger partial charge on any atom is 0.309 e. The minimum absolute atomic E-state index is 0.118. The fraction of sp³-hybridized carbons (Fsp3) is 0.310. The van der Waals surface area contributed by atoms with Crippen molar-refractivity contribution in [2.24, 2.45) is 5.92 Å². The minimum Gasteiger partial charge on any atom is -0.466 e. The molecule has 5 aromatic rings. The lowest BCUT2D eigenvalue weighted by atomic mass is 9.84. The lowest BCUT2D eigenvalue weighted by Crippen LogP contribution is -2.54. The van der Waals surface area contributed by atoms with Crippen molar-refractivity contribution in [2.45, 2.75) is 52.5 Å². The Bertz CT molecular complexity index is 1900. The van der Waals surface area contributed by atoms with Crippen LogP contribution in [0, 0.1) is 5.92 Å². The first-order valence-corrected chi connectivity index (χ1v) is 20.0. The molecule has 0 aliphatic carbocycles. The van der Waals surface area contributed by atoms with Gasteiger partial charge in [-0.25, -0.2) is 8.42 Å². The number of benzene rings is 5. The van der Waals surface area contributed by atoms with Crippen molar-refractivity contribution in [3.8, 4) is 0 Å². The van der Waals surface area contributed by atoms with Crippen molar-refractivity contribution < 1.29 is 17.9 Å². The van der Waals surface area contributed by atoms with Gasteiger partial charge in [0.1, 0.15) is 5.37 Å². The van der Waals surface area contributed by atoms with Gasteiger partial charge in [-0.2, -0.15) is 0 Å². The van der Waals surface area contributed by atoms with E-state index in [0.717, 1.165) is 10.8 Å². The van der Waals surface area contributed by atoms with Crippen LogP contribution in [0.25, 0.3) is 10.8 Å². The fourth-order valence-corrected chi connectivity index (χ4v) is 11.7. The molecule has 2 aliphatic heterocycles. The monoisotopic (exact) mass is 704 g/mol. The molecule has 0 aromatic heterocycles. The number of hydrogen-bond donors (Lipinski definition) is 1. The van der Waals surface area contributed by atoms with Crippen molar-refractivity contribution >= 4 is 38.3 Å². The molecule has 6 nitrogen and oxygen atoms in total. The number of thioether (sulfide) groups is 1. The van der Waals surface area contributed by atoms with Gasteiger partial charge in [0.05, 0.1) is 22.2 Å². The van der Waals surface area contributed by atoms with Gasteiger partial charge in [-0.15, -0.1) is 11.8 Å². The number of piperidine rings is 1. The second-order valence-electron chi connectivity index (χ2n) is 13.3. The predicted molar refractivity (Wildman–Crippen MR) is 203 cm³/mol. The number of carbonyl (C=O) groups is 1. The number of hydrogen-bond acceptors (Lipinski definition) is 7. The van der Waals surface area contributed by atoms with E-state index in [1.54, 1.807) is 6.07 Å². The van der Waals surface area contributed by atoms with E-state index in [0.29, 0.717) is 50.4 Å². The zero-order valence-corrected chi connectivity index (χ0v) is 30.0. The highest BCUT2D eigenvalue weighted by molar-refractivity contribution is 8.01. The molecule has 0 radical (unpaired) electrons. The number of nitrogens with zero attached hydrogens (tertiary/aromatic N) is 1. The zero-order valence-electron chi connectivity index (χ0n) is 28.4. The molecule has 2 heterocycles. The van der Waals surface area contributed by atoms with E-state index in [1.807, 2.05) is 55.1 Å². The summed E-state index contributed by atoms with van der Waals surface area (Å²) in [5.41, 5.74) is 3.56. The third kappa shape index (κ3) is 6.87. The summed E-state index contributed by atoms with van der Waals surface area (Å²) in [6.45, 7) is 3.87. The summed E-state index contributed by atoms with van der Waals surface area (Å²) in [6.07, 6.45) is 1.83. The molecule has 2 fully saturated rings. The first kappa shape index (κ1) is 34.5. The van der Waals surface area contributed by atoms with Gasteiger partial charge >= 0.3 is 5.97 Å². The molecule has 5 aromatic carbocycles. The van der Waals surface area contributed by atoms with Crippen molar-refractivity contribution in [3.05, 3.63) is 150 Å². The van der Waals surface area contributed by atoms with Crippen LogP contribution in [0.4, 0.5) is 0 Å². The van der Waals surface area contributed by atoms with Crippen LogP contribution in [-0.4, -0.2) is 62.2 Å². The highest BCUT2D eigenvalue weighted by Crippen LogP contribution is 2.51. The van der Waals surface area contributed by atoms with Crippen molar-refractivity contribution in [1.82, 2.24) is 10.2 Å². The van der Waals surface area contributed by atoms with Crippen molar-refractivity contribution in [1.29, 1.82) is 0 Å². The van der Waals surface area contributed by atoms with Crippen LogP contribution in [0.15, 0.2) is 138 Å². The molecule has 0 bridgehead atoms. The van der Waals surface area contributed by atoms with Crippen molar-refractivity contribution in [3.63, 3.8) is 0 Å². The van der Waals surface area contributed by atoms with Gasteiger partial charge in [0.25, 0.3) is 0 Å². The number of nitrogens with one attached hydrogen (secondary N) is 1. The van der Waals surface area contributed by atoms with Crippen LogP contribution in [0.3, 0.4) is 0 Å². The summed E-state index contributed by atoms with van der Waals surface area (Å²) >= 11 is 1.91. The van der Waals surface area contributed by atoms with E-state index in [4.69, 9.17) is 4.74 Å². The molecular weight excluding hydrogens is 661 g/mol. The molecule has 3 atom stereocenters. The van der Waals surface area contributed by atoms with Crippen LogP contribution < -0.4 is 5.32 Å². The fourth-order valence-electron chi connectivity index (χ4n) is 7.81. The lowest BCUT2D eigenvalue weighted by Gasteiger charge is -2.39. The van der Waals surface area contributed by atoms with Gasteiger partial charge in [-0.3, -0.25) is 9.69 Å². The van der Waals surface area contributed by atoms with Gasteiger partial charge in [-0.1, -0.05) is 121 Å². The lowest BCUT2D eigenvalue weighted by molar-refractivity contribution is -0.149. The molecule has 258 valence electrons. The molecule has 3 unspecified atom stereocenters. The Morgan fingerprint density at radius 3 is 1.90 bits per heavy atom. The third-order valence-electron chi connectivity index (χ3n) is 10.2. The zero-order chi connectivity index (χ0) is 34.6. The van der Waals surface area contributed by atoms with E-state index in [2.05, 4.69) is 101 Å². The number of likely N-dealkylation sites (tertiary alicyclic amines) is 1. The van der Waals surface area contributed by atoms with Crippen LogP contribution in [-0.2, 0) is 24.1 Å². The average molecular weight is 705 g/mol. The van der Waals surface area contributed by atoms with Gasteiger partial charge < -0.3 is 10.1 Å². The second kappa shape index (κ2) is 15.1. The molecule has 8 heteroatoms. The first-order valence-electron chi connectivity index (χ1n) is 17.6. The van der Waals surface area contributed by atoms with Crippen LogP contribution in [0.5, 0.6) is 0 Å². The first-order chi connectivity index (χ1) is 24.4. The van der Waals surface area contributed by atoms with Crippen molar-refractivity contribution in [2.75, 3.05) is 26.2 Å². The van der Waals surface area contributed by atoms with E-state index < -0.39 is 20.0 Å². The van der Waals surface area contributed by atoms with Gasteiger partial charge in [0, 0.05) is 30.9 Å².